The number of unbranched alkanes of at least 4 members (excludes halogenated alkanes) is 17. The Morgan fingerprint density at radius 3 is 1.36 bits per heavy atom. The van der Waals surface area contributed by atoms with E-state index in [-0.39, 0.29) is 18.9 Å². The molecule has 9 N–H and O–H groups in total. The zero-order chi connectivity index (χ0) is 58.8. The molecule has 2 aliphatic heterocycles. The minimum Gasteiger partial charge on any atom is -0.394 e. The van der Waals surface area contributed by atoms with Crippen molar-refractivity contribution in [2.45, 2.75) is 274 Å². The molecule has 2 rings (SSSR count). The average Bonchev–Trinajstić information content (AvgIpc) is 3.62. The lowest BCUT2D eigenvalue weighted by molar-refractivity contribution is -0.359. The highest BCUT2D eigenvalue weighted by Crippen LogP contribution is 2.30. The van der Waals surface area contributed by atoms with Crippen molar-refractivity contribution in [2.24, 2.45) is 0 Å². The van der Waals surface area contributed by atoms with Gasteiger partial charge in [-0.15, -0.1) is 0 Å². The molecule has 1 amide bonds. The second kappa shape index (κ2) is 50.9. The molecule has 0 radical (unpaired) electrons. The van der Waals surface area contributed by atoms with Crippen LogP contribution in [0.15, 0.2) is 122 Å². The number of ether oxygens (including phenoxy) is 4. The first-order valence-electron chi connectivity index (χ1n) is 31.3. The maximum Gasteiger partial charge on any atom is 0.220 e. The van der Waals surface area contributed by atoms with Gasteiger partial charge in [0.25, 0.3) is 0 Å². The highest BCUT2D eigenvalue weighted by molar-refractivity contribution is 5.76. The minimum atomic E-state index is -1.80. The smallest absolute Gasteiger partial charge is 0.220 e. The fraction of sp³-hybridized carbons (Fsp3) is 0.687. The Hall–Kier alpha value is -3.61. The van der Waals surface area contributed by atoms with Crippen molar-refractivity contribution in [1.82, 2.24) is 5.32 Å². The molecule has 0 aliphatic carbocycles. The molecule has 2 fully saturated rings. The molecule has 0 saturated carbocycles. The summed E-state index contributed by atoms with van der Waals surface area (Å²) >= 11 is 0. The van der Waals surface area contributed by atoms with Gasteiger partial charge in [0, 0.05) is 6.42 Å². The molecule has 14 nitrogen and oxygen atoms in total. The van der Waals surface area contributed by atoms with E-state index in [9.17, 15) is 45.6 Å². The Bertz CT molecular complexity index is 1820. The second-order valence-electron chi connectivity index (χ2n) is 21.4. The van der Waals surface area contributed by atoms with Crippen molar-refractivity contribution >= 4 is 5.91 Å². The maximum atomic E-state index is 13.3. The third-order valence-electron chi connectivity index (χ3n) is 14.4. The molecule has 0 aromatic rings. The Morgan fingerprint density at radius 1 is 0.457 bits per heavy atom. The second-order valence-corrected chi connectivity index (χ2v) is 21.4. The predicted molar refractivity (Wildman–Crippen MR) is 327 cm³/mol. The molecule has 12 atom stereocenters. The lowest BCUT2D eigenvalue weighted by Gasteiger charge is -2.46. The highest BCUT2D eigenvalue weighted by atomic mass is 16.7. The van der Waals surface area contributed by atoms with Crippen LogP contribution in [0.5, 0.6) is 0 Å². The third-order valence-corrected chi connectivity index (χ3v) is 14.4. The highest BCUT2D eigenvalue weighted by Gasteiger charge is 2.51. The standard InChI is InChI=1S/C67H111NO13/c1-3-5-7-9-11-13-15-17-19-21-23-25-26-27-28-29-30-31-33-35-37-39-41-43-45-47-49-51-59(72)68-55(56(71)50-48-46-44-42-40-38-36-34-32-24-22-20-18-16-14-12-10-8-6-4-2)54-78-66-64(77)62(75)65(58(53-70)80-66)81-67-63(76)61(74)60(73)57(52-69)79-67/h5,7,11,13,17,19,23,25,27-28,30-31,35,37,40-43,48,50,55-58,60-67,69-71,73-77H,3-4,6,8-10,12,14-16,18,20-22,24,26,29,32-34,36,38-39,44-47,49,51-54H2,1-2H3,(H,68,72)/b7-5-,13-11-,19-17-,25-23-,28-27-,31-30-,37-35-,42-40+,43-41-,50-48+. The van der Waals surface area contributed by atoms with Crippen LogP contribution in [0.1, 0.15) is 200 Å². The Kier molecular flexibility index (Phi) is 46.1. The van der Waals surface area contributed by atoms with E-state index >= 15 is 0 Å². The predicted octanol–water partition coefficient (Wildman–Crippen LogP) is 11.4. The lowest BCUT2D eigenvalue weighted by atomic mass is 9.97. The van der Waals surface area contributed by atoms with Crippen LogP contribution >= 0.6 is 0 Å². The molecular weight excluding hydrogens is 1030 g/mol. The van der Waals surface area contributed by atoms with E-state index in [2.05, 4.69) is 129 Å². The zero-order valence-corrected chi connectivity index (χ0v) is 49.7. The lowest BCUT2D eigenvalue weighted by Crippen LogP contribution is -2.65. The number of allylic oxidation sites excluding steroid dienone is 19. The van der Waals surface area contributed by atoms with Gasteiger partial charge in [0.05, 0.1) is 32.0 Å². The van der Waals surface area contributed by atoms with Crippen molar-refractivity contribution in [2.75, 3.05) is 19.8 Å². The van der Waals surface area contributed by atoms with Crippen LogP contribution in [0.25, 0.3) is 0 Å². The molecular formula is C67H111NO13. The topological polar surface area (TPSA) is 228 Å². The van der Waals surface area contributed by atoms with Crippen LogP contribution in [0.2, 0.25) is 0 Å². The molecule has 0 bridgehead atoms. The van der Waals surface area contributed by atoms with Gasteiger partial charge >= 0.3 is 0 Å². The van der Waals surface area contributed by atoms with Gasteiger partial charge in [-0.05, 0) is 96.3 Å². The first kappa shape index (κ1) is 73.5. The molecule has 14 heteroatoms. The Labute approximate surface area is 488 Å². The van der Waals surface area contributed by atoms with Gasteiger partial charge in [0.2, 0.25) is 5.91 Å². The van der Waals surface area contributed by atoms with E-state index in [1.165, 1.54) is 89.9 Å². The maximum absolute atomic E-state index is 13.3. The zero-order valence-electron chi connectivity index (χ0n) is 49.7. The largest absolute Gasteiger partial charge is 0.394 e. The number of carbonyl (C=O) groups excluding carboxylic acids is 1. The van der Waals surface area contributed by atoms with Crippen LogP contribution in [0.3, 0.4) is 0 Å². The molecule has 81 heavy (non-hydrogen) atoms. The summed E-state index contributed by atoms with van der Waals surface area (Å²) in [7, 11) is 0. The van der Waals surface area contributed by atoms with E-state index in [0.29, 0.717) is 12.8 Å². The molecule has 0 spiro atoms. The van der Waals surface area contributed by atoms with Gasteiger partial charge in [-0.1, -0.05) is 219 Å². The molecule has 2 aliphatic rings. The first-order chi connectivity index (χ1) is 39.6. The van der Waals surface area contributed by atoms with Crippen LogP contribution in [0, 0.1) is 0 Å². The van der Waals surface area contributed by atoms with Crippen molar-refractivity contribution in [3.8, 4) is 0 Å². The van der Waals surface area contributed by atoms with E-state index in [1.807, 2.05) is 6.08 Å². The molecule has 462 valence electrons. The van der Waals surface area contributed by atoms with Gasteiger partial charge in [-0.3, -0.25) is 4.79 Å². The molecule has 12 unspecified atom stereocenters. The summed E-state index contributed by atoms with van der Waals surface area (Å²) in [6.07, 6.45) is 56.6. The number of aliphatic hydroxyl groups is 8. The number of nitrogens with one attached hydrogen (secondary N) is 1. The molecule has 2 saturated heterocycles. The van der Waals surface area contributed by atoms with Gasteiger partial charge < -0.3 is 65.1 Å². The van der Waals surface area contributed by atoms with E-state index < -0.39 is 86.8 Å². The number of carbonyl (C=O) groups is 1. The number of hydrogen-bond acceptors (Lipinski definition) is 13. The van der Waals surface area contributed by atoms with E-state index in [0.717, 1.165) is 77.0 Å². The quantitative estimate of drug-likeness (QED) is 0.0204. The summed E-state index contributed by atoms with van der Waals surface area (Å²) in [6, 6.07) is -0.965. The van der Waals surface area contributed by atoms with Gasteiger partial charge in [0.1, 0.15) is 48.8 Å². The number of aliphatic hydroxyl groups excluding tert-OH is 8. The van der Waals surface area contributed by atoms with Crippen molar-refractivity contribution in [3.63, 3.8) is 0 Å². The first-order valence-corrected chi connectivity index (χ1v) is 31.3. The van der Waals surface area contributed by atoms with Gasteiger partial charge in [-0.25, -0.2) is 0 Å². The van der Waals surface area contributed by atoms with E-state index in [4.69, 9.17) is 18.9 Å². The Balaban J connectivity index is 1.80. The van der Waals surface area contributed by atoms with Gasteiger partial charge in [0.15, 0.2) is 12.6 Å². The third kappa shape index (κ3) is 36.0. The fourth-order valence-corrected chi connectivity index (χ4v) is 9.38. The molecule has 0 aromatic carbocycles. The van der Waals surface area contributed by atoms with Crippen LogP contribution in [-0.2, 0) is 23.7 Å². The molecule has 2 heterocycles. The number of hydrogen-bond donors (Lipinski definition) is 9. The summed E-state index contributed by atoms with van der Waals surface area (Å²) in [5, 5.41) is 87.1. The summed E-state index contributed by atoms with van der Waals surface area (Å²) in [5.41, 5.74) is 0. The minimum absolute atomic E-state index is 0.210. The summed E-state index contributed by atoms with van der Waals surface area (Å²) in [6.45, 7) is 2.63. The average molecular weight is 1140 g/mol. The van der Waals surface area contributed by atoms with Crippen molar-refractivity contribution in [1.29, 1.82) is 0 Å². The van der Waals surface area contributed by atoms with Crippen molar-refractivity contribution < 1.29 is 64.6 Å². The molecule has 0 aromatic heterocycles. The number of amides is 1. The number of rotatable bonds is 48. The Morgan fingerprint density at radius 2 is 0.864 bits per heavy atom. The van der Waals surface area contributed by atoms with Crippen molar-refractivity contribution in [3.05, 3.63) is 122 Å². The van der Waals surface area contributed by atoms with E-state index in [1.54, 1.807) is 6.08 Å². The summed E-state index contributed by atoms with van der Waals surface area (Å²) < 4.78 is 22.7. The van der Waals surface area contributed by atoms with Crippen LogP contribution in [-0.4, -0.2) is 140 Å². The normalized spacial score (nSPS) is 25.0. The van der Waals surface area contributed by atoms with Crippen LogP contribution < -0.4 is 5.32 Å². The van der Waals surface area contributed by atoms with Crippen LogP contribution in [0.4, 0.5) is 0 Å². The monoisotopic (exact) mass is 1140 g/mol. The SMILES string of the molecule is CC/C=C\C/C=C\C/C=C\C/C=C\C/C=C\C/C=C\C/C=C\C/C=C\CCCCC(=O)NC(COC1OC(CO)C(OC2OC(CO)C(O)C(O)C2O)C(O)C1O)C(O)/C=C/CC/C=C/CCCCCCCCCCCCCCCC. The summed E-state index contributed by atoms with van der Waals surface area (Å²) in [4.78, 5) is 13.3. The van der Waals surface area contributed by atoms with Gasteiger partial charge in [-0.2, -0.15) is 0 Å². The summed E-state index contributed by atoms with van der Waals surface area (Å²) in [5.74, 6) is -0.296. The fourth-order valence-electron chi connectivity index (χ4n) is 9.38.